The zero-order valence-corrected chi connectivity index (χ0v) is 19.5. The lowest BCUT2D eigenvalue weighted by Crippen LogP contribution is -2.40. The van der Waals surface area contributed by atoms with Gasteiger partial charge < -0.3 is 14.4 Å². The average Bonchev–Trinajstić information content (AvgIpc) is 2.76. The molecule has 2 heterocycles. The number of sulfone groups is 1. The molecule has 4 rings (SSSR count). The quantitative estimate of drug-likeness (QED) is 0.582. The van der Waals surface area contributed by atoms with Crippen LogP contribution in [0.4, 0.5) is 5.95 Å². The Balaban J connectivity index is 1.84. The zero-order valence-electron chi connectivity index (χ0n) is 18.7. The van der Waals surface area contributed by atoms with Crippen LogP contribution < -0.4 is 15.2 Å². The maximum Gasteiger partial charge on any atom is 0.262 e. The van der Waals surface area contributed by atoms with Gasteiger partial charge in [0.25, 0.3) is 5.56 Å². The van der Waals surface area contributed by atoms with E-state index in [1.807, 2.05) is 30.9 Å². The van der Waals surface area contributed by atoms with Crippen molar-refractivity contribution in [1.82, 2.24) is 9.55 Å². The van der Waals surface area contributed by atoms with Crippen LogP contribution in [0.15, 0.2) is 46.1 Å². The van der Waals surface area contributed by atoms with Gasteiger partial charge in [-0.25, -0.2) is 13.4 Å². The summed E-state index contributed by atoms with van der Waals surface area (Å²) >= 11 is 0. The first kappa shape index (κ1) is 22.3. The highest BCUT2D eigenvalue weighted by Crippen LogP contribution is 2.31. The first-order chi connectivity index (χ1) is 15.2. The molecule has 0 N–H and O–H groups in total. The Morgan fingerprint density at radius 1 is 1.16 bits per heavy atom. The molecule has 2 aromatic carbocycles. The summed E-state index contributed by atoms with van der Waals surface area (Å²) in [6.07, 6.45) is 0.624. The minimum Gasteiger partial charge on any atom is -0.485 e. The molecule has 0 bridgehead atoms. The van der Waals surface area contributed by atoms with Crippen LogP contribution in [-0.4, -0.2) is 50.5 Å². The van der Waals surface area contributed by atoms with E-state index in [-0.39, 0.29) is 16.2 Å². The van der Waals surface area contributed by atoms with Gasteiger partial charge in [-0.05, 0) is 37.6 Å². The van der Waals surface area contributed by atoms with Crippen molar-refractivity contribution in [2.45, 2.75) is 24.8 Å². The summed E-state index contributed by atoms with van der Waals surface area (Å²) in [7, 11) is -1.73. The number of hydrogen-bond donors (Lipinski definition) is 0. The smallest absolute Gasteiger partial charge is 0.262 e. The van der Waals surface area contributed by atoms with Gasteiger partial charge in [-0.15, -0.1) is 0 Å². The Labute approximate surface area is 187 Å². The van der Waals surface area contributed by atoms with Crippen LogP contribution in [-0.2, 0) is 21.6 Å². The largest absolute Gasteiger partial charge is 0.485 e. The zero-order chi connectivity index (χ0) is 23.0. The van der Waals surface area contributed by atoms with Gasteiger partial charge in [0.2, 0.25) is 5.95 Å². The van der Waals surface area contributed by atoms with Gasteiger partial charge >= 0.3 is 0 Å². The van der Waals surface area contributed by atoms with E-state index in [1.165, 1.54) is 6.07 Å². The standard InChI is InChI=1S/C23H27N3O5S/c1-15-13-17(16(2)31-19-7-5-6-8-20(19)32(4,28)29)21-18(14-15)22(27)25(3)23(24-21)26-9-11-30-12-10-26/h5-8,13-14,16H,9-12H2,1-4H3/t16-/m0/s1. The number of aryl methyl sites for hydroxylation is 1. The van der Waals surface area contributed by atoms with Gasteiger partial charge in [0.1, 0.15) is 16.7 Å². The number of aromatic nitrogens is 2. The summed E-state index contributed by atoms with van der Waals surface area (Å²) in [4.78, 5) is 20.2. The van der Waals surface area contributed by atoms with Crippen LogP contribution in [0.25, 0.3) is 10.9 Å². The molecule has 1 aliphatic rings. The number of rotatable bonds is 5. The summed E-state index contributed by atoms with van der Waals surface area (Å²) in [5.74, 6) is 0.856. The second kappa shape index (κ2) is 8.55. The molecule has 1 aliphatic heterocycles. The minimum absolute atomic E-state index is 0.127. The molecule has 0 saturated carbocycles. The molecule has 0 amide bonds. The third kappa shape index (κ3) is 4.22. The molecule has 0 radical (unpaired) electrons. The van der Waals surface area contributed by atoms with Gasteiger partial charge in [0.15, 0.2) is 9.84 Å². The number of nitrogens with zero attached hydrogens (tertiary/aromatic N) is 3. The van der Waals surface area contributed by atoms with Crippen LogP contribution in [0.1, 0.15) is 24.2 Å². The molecule has 32 heavy (non-hydrogen) atoms. The number of benzene rings is 2. The highest BCUT2D eigenvalue weighted by molar-refractivity contribution is 7.90. The van der Waals surface area contributed by atoms with E-state index in [4.69, 9.17) is 14.5 Å². The van der Waals surface area contributed by atoms with Gasteiger partial charge in [-0.2, -0.15) is 0 Å². The van der Waals surface area contributed by atoms with Crippen molar-refractivity contribution in [2.24, 2.45) is 7.05 Å². The fourth-order valence-electron chi connectivity index (χ4n) is 4.01. The summed E-state index contributed by atoms with van der Waals surface area (Å²) in [6.45, 7) is 6.21. The van der Waals surface area contributed by atoms with E-state index in [2.05, 4.69) is 0 Å². The number of ether oxygens (including phenoxy) is 2. The molecule has 0 aliphatic carbocycles. The topological polar surface area (TPSA) is 90.7 Å². The van der Waals surface area contributed by atoms with Crippen LogP contribution >= 0.6 is 0 Å². The molecule has 1 aromatic heterocycles. The normalized spacial score (nSPS) is 15.7. The third-order valence-corrected chi connectivity index (χ3v) is 6.75. The summed E-state index contributed by atoms with van der Waals surface area (Å²) < 4.78 is 37.5. The summed E-state index contributed by atoms with van der Waals surface area (Å²) in [5, 5.41) is 0.506. The second-order valence-electron chi connectivity index (χ2n) is 8.10. The molecule has 3 aromatic rings. The Bertz CT molecular complexity index is 1330. The fourth-order valence-corrected chi connectivity index (χ4v) is 4.81. The van der Waals surface area contributed by atoms with Crippen LogP contribution in [0.3, 0.4) is 0 Å². The van der Waals surface area contributed by atoms with Crippen molar-refractivity contribution >= 4 is 26.7 Å². The number of fused-ring (bicyclic) bond motifs is 1. The lowest BCUT2D eigenvalue weighted by atomic mass is 10.0. The minimum atomic E-state index is -3.46. The fraction of sp³-hybridized carbons (Fsp3) is 0.391. The van der Waals surface area contributed by atoms with Gasteiger partial charge in [-0.3, -0.25) is 9.36 Å². The van der Waals surface area contributed by atoms with E-state index in [0.29, 0.717) is 43.2 Å². The molecule has 1 saturated heterocycles. The monoisotopic (exact) mass is 457 g/mol. The highest BCUT2D eigenvalue weighted by atomic mass is 32.2. The van der Waals surface area contributed by atoms with Crippen molar-refractivity contribution < 1.29 is 17.9 Å². The van der Waals surface area contributed by atoms with Crippen LogP contribution in [0, 0.1) is 6.92 Å². The molecule has 9 heteroatoms. The van der Waals surface area contributed by atoms with Crippen molar-refractivity contribution in [3.8, 4) is 5.75 Å². The maximum atomic E-state index is 13.2. The molecule has 170 valence electrons. The molecule has 1 atom stereocenters. The molecule has 1 fully saturated rings. The average molecular weight is 458 g/mol. The third-order valence-electron chi connectivity index (χ3n) is 5.61. The molecule has 0 unspecified atom stereocenters. The summed E-state index contributed by atoms with van der Waals surface area (Å²) in [6, 6.07) is 10.3. The molecular formula is C23H27N3O5S. The number of hydrogen-bond acceptors (Lipinski definition) is 7. The van der Waals surface area contributed by atoms with Crippen molar-refractivity contribution in [1.29, 1.82) is 0 Å². The highest BCUT2D eigenvalue weighted by Gasteiger charge is 2.23. The lowest BCUT2D eigenvalue weighted by molar-refractivity contribution is 0.121. The van der Waals surface area contributed by atoms with E-state index in [0.717, 1.165) is 17.4 Å². The Hall–Kier alpha value is -2.91. The van der Waals surface area contributed by atoms with Gasteiger partial charge in [0.05, 0.1) is 24.1 Å². The Morgan fingerprint density at radius 3 is 2.53 bits per heavy atom. The SMILES string of the molecule is Cc1cc([C@H](C)Oc2ccccc2S(C)(=O)=O)c2nc(N3CCOCC3)n(C)c(=O)c2c1. The maximum absolute atomic E-state index is 13.2. The van der Waals surface area contributed by atoms with E-state index < -0.39 is 15.9 Å². The second-order valence-corrected chi connectivity index (χ2v) is 10.1. The molecule has 8 nitrogen and oxygen atoms in total. The molecule has 0 spiro atoms. The predicted molar refractivity (Wildman–Crippen MR) is 123 cm³/mol. The van der Waals surface area contributed by atoms with E-state index in [9.17, 15) is 13.2 Å². The number of morpholine rings is 1. The Morgan fingerprint density at radius 2 is 1.84 bits per heavy atom. The first-order valence-corrected chi connectivity index (χ1v) is 12.4. The first-order valence-electron chi connectivity index (χ1n) is 10.5. The van der Waals surface area contributed by atoms with Crippen LogP contribution in [0.5, 0.6) is 5.75 Å². The van der Waals surface area contributed by atoms with Crippen molar-refractivity contribution in [2.75, 3.05) is 37.5 Å². The predicted octanol–water partition coefficient (Wildman–Crippen LogP) is 2.62. The summed E-state index contributed by atoms with van der Waals surface area (Å²) in [5.41, 5.74) is 2.06. The number of anilines is 1. The van der Waals surface area contributed by atoms with Crippen LogP contribution in [0.2, 0.25) is 0 Å². The number of para-hydroxylation sites is 1. The van der Waals surface area contributed by atoms with Gasteiger partial charge in [-0.1, -0.05) is 18.2 Å². The van der Waals surface area contributed by atoms with Crippen molar-refractivity contribution in [3.05, 3.63) is 57.9 Å². The van der Waals surface area contributed by atoms with Crippen molar-refractivity contribution in [3.63, 3.8) is 0 Å². The Kier molecular flexibility index (Phi) is 5.96. The van der Waals surface area contributed by atoms with Gasteiger partial charge in [0, 0.05) is 32.0 Å². The lowest BCUT2D eigenvalue weighted by Gasteiger charge is -2.29. The van der Waals surface area contributed by atoms with E-state index in [1.54, 1.807) is 29.8 Å². The van der Waals surface area contributed by atoms with E-state index >= 15 is 0 Å². The molecular weight excluding hydrogens is 430 g/mol.